The van der Waals surface area contributed by atoms with Crippen molar-refractivity contribution in [2.75, 3.05) is 0 Å². The highest BCUT2D eigenvalue weighted by Crippen LogP contribution is 2.22. The number of benzene rings is 1. The van der Waals surface area contributed by atoms with Crippen LogP contribution in [-0.2, 0) is 6.42 Å². The quantitative estimate of drug-likeness (QED) is 0.716. The molecule has 0 unspecified atom stereocenters. The smallest absolute Gasteiger partial charge is 0.0303 e. The van der Waals surface area contributed by atoms with E-state index >= 15 is 0 Å². The Morgan fingerprint density at radius 3 is 2.40 bits per heavy atom. The number of pyridine rings is 1. The second-order valence-electron chi connectivity index (χ2n) is 3.74. The lowest BCUT2D eigenvalue weighted by Gasteiger charge is -2.05. The summed E-state index contributed by atoms with van der Waals surface area (Å²) in [5.41, 5.74) is 5.15. The molecule has 2 aromatic rings. The Kier molecular flexibility index (Phi) is 2.82. The van der Waals surface area contributed by atoms with E-state index in [0.29, 0.717) is 0 Å². The van der Waals surface area contributed by atoms with Gasteiger partial charge in [-0.3, -0.25) is 4.98 Å². The molecular formula is C14H15N. The molecule has 2 rings (SSSR count). The number of aryl methyl sites for hydroxylation is 2. The second kappa shape index (κ2) is 4.26. The Hall–Kier alpha value is -1.63. The molecule has 1 heteroatoms. The number of nitrogens with zero attached hydrogens (tertiary/aromatic N) is 1. The lowest BCUT2D eigenvalue weighted by Crippen LogP contribution is -1.85. The van der Waals surface area contributed by atoms with Crippen molar-refractivity contribution >= 4 is 0 Å². The van der Waals surface area contributed by atoms with Crippen LogP contribution in [0.3, 0.4) is 0 Å². The molecule has 0 aliphatic rings. The Balaban J connectivity index is 2.42. The lowest BCUT2D eigenvalue weighted by molar-refractivity contribution is 1.14. The molecule has 15 heavy (non-hydrogen) atoms. The number of rotatable bonds is 2. The molecule has 0 saturated heterocycles. The monoisotopic (exact) mass is 197 g/mol. The molecule has 1 aromatic carbocycles. The number of hydrogen-bond donors (Lipinski definition) is 0. The minimum Gasteiger partial charge on any atom is -0.264 e. The van der Waals surface area contributed by atoms with Crippen LogP contribution in [0, 0.1) is 6.92 Å². The van der Waals surface area contributed by atoms with Gasteiger partial charge in [0.25, 0.3) is 0 Å². The van der Waals surface area contributed by atoms with Crippen LogP contribution in [0.1, 0.15) is 18.1 Å². The summed E-state index contributed by atoms with van der Waals surface area (Å²) in [4.78, 5) is 4.10. The molecule has 76 valence electrons. The van der Waals surface area contributed by atoms with Gasteiger partial charge in [0, 0.05) is 12.4 Å². The molecule has 0 amide bonds. The van der Waals surface area contributed by atoms with E-state index in [1.54, 1.807) is 0 Å². The maximum Gasteiger partial charge on any atom is 0.0303 e. The van der Waals surface area contributed by atoms with E-state index in [2.05, 4.69) is 49.2 Å². The van der Waals surface area contributed by atoms with Crippen LogP contribution in [0.4, 0.5) is 0 Å². The molecule has 0 aliphatic carbocycles. The van der Waals surface area contributed by atoms with Gasteiger partial charge in [0.2, 0.25) is 0 Å². The van der Waals surface area contributed by atoms with E-state index in [-0.39, 0.29) is 0 Å². The van der Waals surface area contributed by atoms with Gasteiger partial charge in [0.05, 0.1) is 0 Å². The first-order chi connectivity index (χ1) is 7.31. The van der Waals surface area contributed by atoms with E-state index in [0.717, 1.165) is 6.42 Å². The van der Waals surface area contributed by atoms with Gasteiger partial charge in [-0.2, -0.15) is 0 Å². The number of aromatic nitrogens is 1. The molecule has 1 aromatic heterocycles. The van der Waals surface area contributed by atoms with Crippen molar-refractivity contribution in [2.24, 2.45) is 0 Å². The van der Waals surface area contributed by atoms with E-state index in [1.165, 1.54) is 22.3 Å². The van der Waals surface area contributed by atoms with Gasteiger partial charge in [-0.25, -0.2) is 0 Å². The van der Waals surface area contributed by atoms with E-state index < -0.39 is 0 Å². The third-order valence-corrected chi connectivity index (χ3v) is 2.69. The van der Waals surface area contributed by atoms with Crippen LogP contribution in [0.25, 0.3) is 11.1 Å². The van der Waals surface area contributed by atoms with Crippen LogP contribution in [0.15, 0.2) is 42.7 Å². The van der Waals surface area contributed by atoms with E-state index in [9.17, 15) is 0 Å². The molecule has 0 fully saturated rings. The third kappa shape index (κ3) is 2.07. The fourth-order valence-corrected chi connectivity index (χ4v) is 1.72. The first-order valence-electron chi connectivity index (χ1n) is 5.31. The molecule has 0 saturated carbocycles. The van der Waals surface area contributed by atoms with E-state index in [1.807, 2.05) is 12.4 Å². The zero-order chi connectivity index (χ0) is 10.7. The average molecular weight is 197 g/mol. The van der Waals surface area contributed by atoms with Gasteiger partial charge in [0.1, 0.15) is 0 Å². The topological polar surface area (TPSA) is 12.9 Å². The largest absolute Gasteiger partial charge is 0.264 e. The summed E-state index contributed by atoms with van der Waals surface area (Å²) < 4.78 is 0. The van der Waals surface area contributed by atoms with Crippen LogP contribution < -0.4 is 0 Å². The van der Waals surface area contributed by atoms with Gasteiger partial charge < -0.3 is 0 Å². The molecule has 0 radical (unpaired) electrons. The highest BCUT2D eigenvalue weighted by atomic mass is 14.6. The maximum atomic E-state index is 4.10. The summed E-state index contributed by atoms with van der Waals surface area (Å²) in [6.07, 6.45) is 4.84. The SMILES string of the molecule is CCc1ccc(-c2ccncc2C)cc1. The predicted molar refractivity (Wildman–Crippen MR) is 63.8 cm³/mol. The zero-order valence-electron chi connectivity index (χ0n) is 9.20. The molecular weight excluding hydrogens is 182 g/mol. The lowest BCUT2D eigenvalue weighted by atomic mass is 10.0. The summed E-state index contributed by atoms with van der Waals surface area (Å²) in [7, 11) is 0. The number of hydrogen-bond acceptors (Lipinski definition) is 1. The molecule has 0 N–H and O–H groups in total. The highest BCUT2D eigenvalue weighted by molar-refractivity contribution is 5.66. The Labute approximate surface area is 90.8 Å². The van der Waals surface area contributed by atoms with Crippen molar-refractivity contribution in [3.05, 3.63) is 53.9 Å². The highest BCUT2D eigenvalue weighted by Gasteiger charge is 2.00. The van der Waals surface area contributed by atoms with Crippen LogP contribution in [0.5, 0.6) is 0 Å². The summed E-state index contributed by atoms with van der Waals surface area (Å²) in [6, 6.07) is 10.8. The van der Waals surface area contributed by atoms with Crippen LogP contribution in [0.2, 0.25) is 0 Å². The Morgan fingerprint density at radius 1 is 1.07 bits per heavy atom. The minimum atomic E-state index is 1.09. The molecule has 1 nitrogen and oxygen atoms in total. The molecule has 1 heterocycles. The third-order valence-electron chi connectivity index (χ3n) is 2.69. The fraction of sp³-hybridized carbons (Fsp3) is 0.214. The minimum absolute atomic E-state index is 1.09. The molecule has 0 atom stereocenters. The van der Waals surface area contributed by atoms with Gasteiger partial charge in [-0.05, 0) is 41.7 Å². The van der Waals surface area contributed by atoms with Gasteiger partial charge in [-0.1, -0.05) is 31.2 Å². The van der Waals surface area contributed by atoms with Gasteiger partial charge in [0.15, 0.2) is 0 Å². The van der Waals surface area contributed by atoms with Crippen molar-refractivity contribution in [3.8, 4) is 11.1 Å². The predicted octanol–water partition coefficient (Wildman–Crippen LogP) is 3.62. The summed E-state index contributed by atoms with van der Waals surface area (Å²) in [5.74, 6) is 0. The Morgan fingerprint density at radius 2 is 1.80 bits per heavy atom. The van der Waals surface area contributed by atoms with Crippen molar-refractivity contribution < 1.29 is 0 Å². The van der Waals surface area contributed by atoms with Crippen LogP contribution >= 0.6 is 0 Å². The Bertz CT molecular complexity index is 443. The van der Waals surface area contributed by atoms with E-state index in [4.69, 9.17) is 0 Å². The first kappa shape index (κ1) is 9.91. The van der Waals surface area contributed by atoms with Gasteiger partial charge >= 0.3 is 0 Å². The summed E-state index contributed by atoms with van der Waals surface area (Å²) in [5, 5.41) is 0. The van der Waals surface area contributed by atoms with Crippen LogP contribution in [-0.4, -0.2) is 4.98 Å². The molecule has 0 spiro atoms. The fourth-order valence-electron chi connectivity index (χ4n) is 1.72. The second-order valence-corrected chi connectivity index (χ2v) is 3.74. The standard InChI is InChI=1S/C14H15N/c1-3-12-4-6-13(7-5-12)14-8-9-15-10-11(14)2/h4-10H,3H2,1-2H3. The van der Waals surface area contributed by atoms with Gasteiger partial charge in [-0.15, -0.1) is 0 Å². The zero-order valence-corrected chi connectivity index (χ0v) is 9.20. The van der Waals surface area contributed by atoms with Crippen molar-refractivity contribution in [3.63, 3.8) is 0 Å². The molecule has 0 bridgehead atoms. The van der Waals surface area contributed by atoms with Crippen molar-refractivity contribution in [2.45, 2.75) is 20.3 Å². The van der Waals surface area contributed by atoms with Crippen molar-refractivity contribution in [1.29, 1.82) is 0 Å². The molecule has 0 aliphatic heterocycles. The van der Waals surface area contributed by atoms with Crippen molar-refractivity contribution in [1.82, 2.24) is 4.98 Å². The first-order valence-corrected chi connectivity index (χ1v) is 5.31. The summed E-state index contributed by atoms with van der Waals surface area (Å²) >= 11 is 0. The maximum absolute atomic E-state index is 4.10. The summed E-state index contributed by atoms with van der Waals surface area (Å²) in [6.45, 7) is 4.27. The average Bonchev–Trinajstić information content (AvgIpc) is 2.30. The normalized spacial score (nSPS) is 10.3.